The lowest BCUT2D eigenvalue weighted by Crippen LogP contribution is -2.38. The second-order valence-electron chi connectivity index (χ2n) is 3.93. The van der Waals surface area contributed by atoms with Crippen molar-refractivity contribution in [3.05, 3.63) is 27.7 Å². The normalized spacial score (nSPS) is 11.7. The summed E-state index contributed by atoms with van der Waals surface area (Å²) in [5, 5.41) is 14.5. The molecule has 1 aromatic carbocycles. The monoisotopic (exact) mass is 348 g/mol. The lowest BCUT2D eigenvalue weighted by atomic mass is 10.1. The minimum Gasteiger partial charge on any atom is -0.481 e. The van der Waals surface area contributed by atoms with E-state index >= 15 is 0 Å². The molecule has 1 atom stereocenters. The molecule has 104 valence electrons. The Hall–Kier alpha value is -1.27. The minimum absolute atomic E-state index is 0.103. The molecule has 1 aromatic rings. The van der Waals surface area contributed by atoms with Crippen molar-refractivity contribution in [3.63, 3.8) is 0 Å². The maximum absolute atomic E-state index is 11.7. The van der Waals surface area contributed by atoms with Gasteiger partial charge in [0.25, 0.3) is 0 Å². The Morgan fingerprint density at radius 1 is 1.47 bits per heavy atom. The number of hydrogen-bond donors (Lipinski definition) is 3. The summed E-state index contributed by atoms with van der Waals surface area (Å²) in [5.41, 5.74) is 0.568. The van der Waals surface area contributed by atoms with Gasteiger partial charge in [-0.15, -0.1) is 0 Å². The van der Waals surface area contributed by atoms with Crippen LogP contribution >= 0.6 is 27.5 Å². The largest absolute Gasteiger partial charge is 0.481 e. The highest BCUT2D eigenvalue weighted by atomic mass is 79.9. The minimum atomic E-state index is -0.943. The van der Waals surface area contributed by atoms with Gasteiger partial charge in [0.15, 0.2) is 0 Å². The molecule has 0 fully saturated rings. The van der Waals surface area contributed by atoms with Gasteiger partial charge in [0.1, 0.15) is 0 Å². The van der Waals surface area contributed by atoms with Crippen molar-refractivity contribution in [2.45, 2.75) is 25.8 Å². The van der Waals surface area contributed by atoms with Gasteiger partial charge in [0.2, 0.25) is 0 Å². The number of carboxylic acids is 1. The molecule has 2 amide bonds. The third-order valence-corrected chi connectivity index (χ3v) is 3.64. The van der Waals surface area contributed by atoms with Crippen molar-refractivity contribution in [1.82, 2.24) is 5.32 Å². The Bertz CT molecular complexity index is 482. The lowest BCUT2D eigenvalue weighted by Gasteiger charge is -2.15. The molecule has 0 saturated heterocycles. The number of aliphatic carboxylic acids is 1. The van der Waals surface area contributed by atoms with E-state index in [1.165, 1.54) is 0 Å². The van der Waals surface area contributed by atoms with Crippen LogP contribution in [0.3, 0.4) is 0 Å². The topological polar surface area (TPSA) is 78.4 Å². The van der Waals surface area contributed by atoms with Crippen LogP contribution in [-0.4, -0.2) is 23.1 Å². The SMILES string of the molecule is CCC(CC(=O)O)NC(=O)Nc1ccc(Cl)c(Br)c1. The fourth-order valence-electron chi connectivity index (χ4n) is 1.43. The fourth-order valence-corrected chi connectivity index (χ4v) is 1.93. The number of carbonyl (C=O) groups excluding carboxylic acids is 1. The van der Waals surface area contributed by atoms with Crippen molar-refractivity contribution in [2.75, 3.05) is 5.32 Å². The molecule has 0 bridgehead atoms. The molecule has 0 saturated carbocycles. The van der Waals surface area contributed by atoms with Crippen LogP contribution in [0.1, 0.15) is 19.8 Å². The van der Waals surface area contributed by atoms with Crippen molar-refractivity contribution < 1.29 is 14.7 Å². The number of hydrogen-bond acceptors (Lipinski definition) is 2. The van der Waals surface area contributed by atoms with Gasteiger partial charge in [-0.2, -0.15) is 0 Å². The van der Waals surface area contributed by atoms with E-state index in [0.717, 1.165) is 0 Å². The summed E-state index contributed by atoms with van der Waals surface area (Å²) in [6.07, 6.45) is 0.443. The highest BCUT2D eigenvalue weighted by Crippen LogP contribution is 2.25. The van der Waals surface area contributed by atoms with Crippen LogP contribution in [0.2, 0.25) is 5.02 Å². The Morgan fingerprint density at radius 2 is 2.16 bits per heavy atom. The number of amides is 2. The number of anilines is 1. The van der Waals surface area contributed by atoms with E-state index in [0.29, 0.717) is 21.6 Å². The summed E-state index contributed by atoms with van der Waals surface area (Å²) >= 11 is 9.09. The average Bonchev–Trinajstić information content (AvgIpc) is 2.32. The van der Waals surface area contributed by atoms with Crippen molar-refractivity contribution in [2.24, 2.45) is 0 Å². The van der Waals surface area contributed by atoms with Crippen LogP contribution in [0.5, 0.6) is 0 Å². The molecule has 19 heavy (non-hydrogen) atoms. The van der Waals surface area contributed by atoms with E-state index in [1.54, 1.807) is 18.2 Å². The second kappa shape index (κ2) is 7.35. The molecule has 0 aliphatic heterocycles. The highest BCUT2D eigenvalue weighted by Gasteiger charge is 2.14. The molecule has 3 N–H and O–H groups in total. The maximum atomic E-state index is 11.7. The fraction of sp³-hybridized carbons (Fsp3) is 0.333. The summed E-state index contributed by atoms with van der Waals surface area (Å²) in [6.45, 7) is 1.81. The number of benzene rings is 1. The molecule has 1 rings (SSSR count). The third kappa shape index (κ3) is 5.48. The number of nitrogens with one attached hydrogen (secondary N) is 2. The Kier molecular flexibility index (Phi) is 6.11. The van der Waals surface area contributed by atoms with Gasteiger partial charge in [-0.3, -0.25) is 4.79 Å². The Morgan fingerprint density at radius 3 is 2.68 bits per heavy atom. The molecule has 0 aliphatic carbocycles. The van der Waals surface area contributed by atoms with Crippen LogP contribution in [0.25, 0.3) is 0 Å². The number of carboxylic acid groups (broad SMARTS) is 1. The van der Waals surface area contributed by atoms with Crippen LogP contribution in [0.4, 0.5) is 10.5 Å². The maximum Gasteiger partial charge on any atom is 0.319 e. The van der Waals surface area contributed by atoms with Crippen LogP contribution in [-0.2, 0) is 4.79 Å². The van der Waals surface area contributed by atoms with Gasteiger partial charge in [0.05, 0.1) is 11.4 Å². The first-order valence-corrected chi connectivity index (χ1v) is 6.83. The van der Waals surface area contributed by atoms with E-state index in [2.05, 4.69) is 26.6 Å². The molecule has 0 aliphatic rings. The number of carbonyl (C=O) groups is 2. The summed E-state index contributed by atoms with van der Waals surface area (Å²) in [6, 6.07) is 4.14. The number of urea groups is 1. The van der Waals surface area contributed by atoms with Gasteiger partial charge in [0, 0.05) is 16.2 Å². The van der Waals surface area contributed by atoms with Crippen molar-refractivity contribution in [3.8, 4) is 0 Å². The van der Waals surface area contributed by atoms with Gasteiger partial charge < -0.3 is 15.7 Å². The Balaban J connectivity index is 2.58. The molecule has 1 unspecified atom stereocenters. The third-order valence-electron chi connectivity index (χ3n) is 2.43. The van der Waals surface area contributed by atoms with Gasteiger partial charge in [-0.25, -0.2) is 4.79 Å². The van der Waals surface area contributed by atoms with E-state index < -0.39 is 18.0 Å². The Labute approximate surface area is 124 Å². The van der Waals surface area contributed by atoms with Crippen molar-refractivity contribution >= 4 is 45.2 Å². The van der Waals surface area contributed by atoms with Gasteiger partial charge >= 0.3 is 12.0 Å². The summed E-state index contributed by atoms with van der Waals surface area (Å²) < 4.78 is 0.671. The van der Waals surface area contributed by atoms with Gasteiger partial charge in [-0.1, -0.05) is 18.5 Å². The van der Waals surface area contributed by atoms with E-state index in [9.17, 15) is 9.59 Å². The summed E-state index contributed by atoms with van der Waals surface area (Å²) in [7, 11) is 0. The average molecular weight is 350 g/mol. The summed E-state index contributed by atoms with van der Waals surface area (Å²) in [5.74, 6) is -0.943. The highest BCUT2D eigenvalue weighted by molar-refractivity contribution is 9.10. The first kappa shape index (κ1) is 15.8. The quantitative estimate of drug-likeness (QED) is 0.761. The second-order valence-corrected chi connectivity index (χ2v) is 5.19. The first-order valence-electron chi connectivity index (χ1n) is 5.66. The summed E-state index contributed by atoms with van der Waals surface area (Å²) in [4.78, 5) is 22.3. The smallest absolute Gasteiger partial charge is 0.319 e. The van der Waals surface area contributed by atoms with E-state index in [4.69, 9.17) is 16.7 Å². The first-order chi connectivity index (χ1) is 8.92. The predicted molar refractivity (Wildman–Crippen MR) is 77.6 cm³/mol. The van der Waals surface area contributed by atoms with E-state index in [-0.39, 0.29) is 6.42 Å². The zero-order valence-corrected chi connectivity index (χ0v) is 12.6. The van der Waals surface area contributed by atoms with E-state index in [1.807, 2.05) is 6.92 Å². The lowest BCUT2D eigenvalue weighted by molar-refractivity contribution is -0.137. The van der Waals surface area contributed by atoms with Crippen LogP contribution in [0.15, 0.2) is 22.7 Å². The van der Waals surface area contributed by atoms with Crippen LogP contribution in [0, 0.1) is 0 Å². The molecule has 0 heterocycles. The standard InChI is InChI=1S/C12H14BrClN2O3/c1-2-7(6-11(17)18)15-12(19)16-8-3-4-10(14)9(13)5-8/h3-5,7H,2,6H2,1H3,(H,17,18)(H2,15,16,19). The molecule has 0 radical (unpaired) electrons. The molecular weight excluding hydrogens is 336 g/mol. The molecule has 0 aromatic heterocycles. The molecule has 5 nitrogen and oxygen atoms in total. The molecule has 0 spiro atoms. The van der Waals surface area contributed by atoms with Gasteiger partial charge in [-0.05, 0) is 40.5 Å². The number of rotatable bonds is 5. The number of halogens is 2. The van der Waals surface area contributed by atoms with Crippen LogP contribution < -0.4 is 10.6 Å². The zero-order chi connectivity index (χ0) is 14.4. The molecule has 7 heteroatoms. The zero-order valence-electron chi connectivity index (χ0n) is 10.2. The molecular formula is C12H14BrClN2O3. The van der Waals surface area contributed by atoms with Crippen molar-refractivity contribution in [1.29, 1.82) is 0 Å². The predicted octanol–water partition coefficient (Wildman–Crippen LogP) is 3.48.